The second kappa shape index (κ2) is 14.1. The van der Waals surface area contributed by atoms with E-state index >= 15 is 0 Å². The zero-order valence-corrected chi connectivity index (χ0v) is 28.1. The van der Waals surface area contributed by atoms with Crippen LogP contribution in [0.1, 0.15) is 29.0 Å². The maximum atomic E-state index is 13.0. The second-order valence-corrected chi connectivity index (χ2v) is 12.8. The smallest absolute Gasteiger partial charge is 0.323 e. The van der Waals surface area contributed by atoms with E-state index in [4.69, 9.17) is 19.1 Å². The van der Waals surface area contributed by atoms with Crippen LogP contribution in [-0.2, 0) is 4.74 Å². The van der Waals surface area contributed by atoms with E-state index in [2.05, 4.69) is 40.6 Å². The molecule has 2 aliphatic heterocycles. The number of likely N-dealkylation sites (tertiary alicyclic amines) is 1. The van der Waals surface area contributed by atoms with E-state index in [1.165, 1.54) is 0 Å². The third-order valence-electron chi connectivity index (χ3n) is 9.28. The van der Waals surface area contributed by atoms with Gasteiger partial charge in [0.1, 0.15) is 17.3 Å². The number of furan rings is 1. The average molecular weight is 660 g/mol. The van der Waals surface area contributed by atoms with Crippen LogP contribution >= 0.6 is 0 Å². The van der Waals surface area contributed by atoms with Gasteiger partial charge >= 0.3 is 6.03 Å². The second-order valence-electron chi connectivity index (χ2n) is 12.8. The SMILES string of the molecule is Cc1ccc(-c2ccc3c(N4CCOCC4)nc(-c4ccc(NC(=O)Nc5ccc(C(=O)N6CCC(N(C)C)CC6)cc5)cc4)nc3c2)o1. The molecule has 0 bridgehead atoms. The molecule has 0 saturated carbocycles. The minimum absolute atomic E-state index is 0.0220. The minimum Gasteiger partial charge on any atom is -0.461 e. The van der Waals surface area contributed by atoms with Crippen molar-refractivity contribution in [1.29, 1.82) is 0 Å². The van der Waals surface area contributed by atoms with E-state index in [0.717, 1.165) is 78.4 Å². The lowest BCUT2D eigenvalue weighted by Gasteiger charge is -2.35. The van der Waals surface area contributed by atoms with Gasteiger partial charge in [-0.1, -0.05) is 6.07 Å². The van der Waals surface area contributed by atoms with Crippen LogP contribution in [0.3, 0.4) is 0 Å². The highest BCUT2D eigenvalue weighted by Crippen LogP contribution is 2.32. The number of anilines is 3. The number of aryl methyl sites for hydroxylation is 1. The summed E-state index contributed by atoms with van der Waals surface area (Å²) >= 11 is 0. The first-order chi connectivity index (χ1) is 23.8. The van der Waals surface area contributed by atoms with Crippen LogP contribution in [0.4, 0.5) is 22.0 Å². The number of nitrogens with zero attached hydrogens (tertiary/aromatic N) is 5. The van der Waals surface area contributed by atoms with Gasteiger partial charge in [-0.25, -0.2) is 14.8 Å². The summed E-state index contributed by atoms with van der Waals surface area (Å²) in [5, 5.41) is 6.71. The maximum absolute atomic E-state index is 13.0. The predicted molar refractivity (Wildman–Crippen MR) is 192 cm³/mol. The largest absolute Gasteiger partial charge is 0.461 e. The fraction of sp³-hybridized carbons (Fsp3) is 0.316. The number of ether oxygens (including phenoxy) is 1. The predicted octanol–water partition coefficient (Wildman–Crippen LogP) is 6.51. The molecule has 49 heavy (non-hydrogen) atoms. The van der Waals surface area contributed by atoms with Crippen LogP contribution in [0, 0.1) is 6.92 Å². The van der Waals surface area contributed by atoms with Gasteiger partial charge in [-0.05, 0) is 107 Å². The zero-order chi connectivity index (χ0) is 33.9. The molecule has 2 saturated heterocycles. The Morgan fingerprint density at radius 2 is 1.45 bits per heavy atom. The molecule has 2 N–H and O–H groups in total. The standard InChI is InChI=1S/C38H41N7O4/c1-25-4-15-34(49-25)28-9-14-32-33(24-28)41-35(42-36(32)44-20-22-48-23-21-44)26-5-10-29(11-6-26)39-38(47)40-30-12-7-27(8-13-30)37(46)45-18-16-31(17-19-45)43(2)3/h4-15,24,31H,16-23H2,1-3H3,(H2,39,40,47). The van der Waals surface area contributed by atoms with Gasteiger partial charge in [0.05, 0.1) is 18.7 Å². The van der Waals surface area contributed by atoms with E-state index in [0.29, 0.717) is 42.0 Å². The Kier molecular flexibility index (Phi) is 9.28. The number of benzene rings is 3. The molecule has 3 aromatic carbocycles. The maximum Gasteiger partial charge on any atom is 0.323 e. The normalized spacial score (nSPS) is 15.5. The lowest BCUT2D eigenvalue weighted by Crippen LogP contribution is -2.44. The first kappa shape index (κ1) is 32.3. The van der Waals surface area contributed by atoms with E-state index in [1.807, 2.05) is 60.4 Å². The summed E-state index contributed by atoms with van der Waals surface area (Å²) in [5.41, 5.74) is 4.43. The molecule has 11 nitrogen and oxygen atoms in total. The molecule has 5 aromatic rings. The van der Waals surface area contributed by atoms with E-state index in [1.54, 1.807) is 24.3 Å². The van der Waals surface area contributed by atoms with Crippen molar-refractivity contribution in [1.82, 2.24) is 19.8 Å². The number of carbonyl (C=O) groups excluding carboxylic acids is 2. The highest BCUT2D eigenvalue weighted by Gasteiger charge is 2.25. The fourth-order valence-corrected chi connectivity index (χ4v) is 6.46. The van der Waals surface area contributed by atoms with Crippen LogP contribution in [0.25, 0.3) is 33.6 Å². The molecule has 2 fully saturated rings. The molecule has 2 aliphatic rings. The van der Waals surface area contributed by atoms with Crippen molar-refractivity contribution in [3.8, 4) is 22.7 Å². The Morgan fingerprint density at radius 3 is 2.08 bits per heavy atom. The van der Waals surface area contributed by atoms with Crippen LogP contribution < -0.4 is 15.5 Å². The van der Waals surface area contributed by atoms with Gasteiger partial charge in [0.25, 0.3) is 5.91 Å². The molecule has 11 heteroatoms. The number of amides is 3. The summed E-state index contributed by atoms with van der Waals surface area (Å²) in [6, 6.07) is 24.7. The van der Waals surface area contributed by atoms with Crippen molar-refractivity contribution in [2.24, 2.45) is 0 Å². The fourth-order valence-electron chi connectivity index (χ4n) is 6.46. The topological polar surface area (TPSA) is 116 Å². The lowest BCUT2D eigenvalue weighted by molar-refractivity contribution is 0.0663. The Balaban J connectivity index is 1.03. The summed E-state index contributed by atoms with van der Waals surface area (Å²) in [7, 11) is 4.17. The highest BCUT2D eigenvalue weighted by molar-refractivity contribution is 6.01. The average Bonchev–Trinajstić information content (AvgIpc) is 3.57. The number of nitrogens with one attached hydrogen (secondary N) is 2. The molecule has 3 amide bonds. The number of aromatic nitrogens is 2. The molecule has 252 valence electrons. The highest BCUT2D eigenvalue weighted by atomic mass is 16.5. The van der Waals surface area contributed by atoms with Gasteiger partial charge in [-0.3, -0.25) is 4.79 Å². The molecule has 0 atom stereocenters. The summed E-state index contributed by atoms with van der Waals surface area (Å²) < 4.78 is 11.5. The minimum atomic E-state index is -0.380. The molecule has 2 aromatic heterocycles. The number of hydrogen-bond donors (Lipinski definition) is 2. The van der Waals surface area contributed by atoms with Gasteiger partial charge in [-0.2, -0.15) is 0 Å². The first-order valence-electron chi connectivity index (χ1n) is 16.8. The number of morpholine rings is 1. The third kappa shape index (κ3) is 7.28. The molecule has 7 rings (SSSR count). The Bertz CT molecular complexity index is 1940. The van der Waals surface area contributed by atoms with Crippen molar-refractivity contribution >= 4 is 40.0 Å². The van der Waals surface area contributed by atoms with Gasteiger partial charge in [-0.15, -0.1) is 0 Å². The van der Waals surface area contributed by atoms with Crippen molar-refractivity contribution in [2.75, 3.05) is 69.0 Å². The number of hydrogen-bond acceptors (Lipinski definition) is 8. The summed E-state index contributed by atoms with van der Waals surface area (Å²) in [6.07, 6.45) is 1.94. The van der Waals surface area contributed by atoms with E-state index in [-0.39, 0.29) is 11.9 Å². The Hall–Kier alpha value is -5.26. The van der Waals surface area contributed by atoms with Crippen LogP contribution in [0.2, 0.25) is 0 Å². The van der Waals surface area contributed by atoms with Gasteiger partial charge in [0, 0.05) is 65.7 Å². The number of piperidine rings is 1. The van der Waals surface area contributed by atoms with Gasteiger partial charge in [0.2, 0.25) is 0 Å². The summed E-state index contributed by atoms with van der Waals surface area (Å²) in [6.45, 7) is 6.21. The molecular formula is C38H41N7O4. The van der Waals surface area contributed by atoms with Crippen molar-refractivity contribution in [3.63, 3.8) is 0 Å². The summed E-state index contributed by atoms with van der Waals surface area (Å²) in [5.74, 6) is 3.13. The molecule has 0 spiro atoms. The molecule has 0 unspecified atom stereocenters. The molecule has 0 aliphatic carbocycles. The van der Waals surface area contributed by atoms with Crippen molar-refractivity contribution < 1.29 is 18.7 Å². The van der Waals surface area contributed by atoms with Crippen molar-refractivity contribution in [3.05, 3.63) is 90.2 Å². The first-order valence-corrected chi connectivity index (χ1v) is 16.8. The van der Waals surface area contributed by atoms with Crippen molar-refractivity contribution in [2.45, 2.75) is 25.8 Å². The van der Waals surface area contributed by atoms with E-state index in [9.17, 15) is 9.59 Å². The summed E-state index contributed by atoms with van der Waals surface area (Å²) in [4.78, 5) is 42.2. The van der Waals surface area contributed by atoms with Crippen LogP contribution in [0.15, 0.2) is 83.3 Å². The van der Waals surface area contributed by atoms with E-state index < -0.39 is 0 Å². The zero-order valence-electron chi connectivity index (χ0n) is 28.1. The van der Waals surface area contributed by atoms with Gasteiger partial charge < -0.3 is 34.5 Å². The number of fused-ring (bicyclic) bond motifs is 1. The Morgan fingerprint density at radius 1 is 0.796 bits per heavy atom. The quantitative estimate of drug-likeness (QED) is 0.203. The molecular weight excluding hydrogens is 618 g/mol. The third-order valence-corrected chi connectivity index (χ3v) is 9.28. The number of carbonyl (C=O) groups is 2. The number of rotatable bonds is 7. The Labute approximate surface area is 285 Å². The monoisotopic (exact) mass is 659 g/mol. The van der Waals surface area contributed by atoms with Crippen LogP contribution in [-0.4, -0.2) is 91.2 Å². The van der Waals surface area contributed by atoms with Gasteiger partial charge in [0.15, 0.2) is 5.82 Å². The molecule has 0 radical (unpaired) electrons. The van der Waals surface area contributed by atoms with Crippen LogP contribution in [0.5, 0.6) is 0 Å². The molecule has 4 heterocycles. The lowest BCUT2D eigenvalue weighted by atomic mass is 10.0. The number of urea groups is 1.